The molecular weight excluding hydrogens is 258 g/mol. The SMILES string of the molecule is Cc1cncc(Cn2ccc3c(CC(C)N)cccc32)c1. The summed E-state index contributed by atoms with van der Waals surface area (Å²) in [6, 6.07) is 11.0. The van der Waals surface area contributed by atoms with Gasteiger partial charge in [-0.2, -0.15) is 0 Å². The zero-order chi connectivity index (χ0) is 14.8. The number of aromatic nitrogens is 2. The maximum absolute atomic E-state index is 5.95. The summed E-state index contributed by atoms with van der Waals surface area (Å²) in [5.41, 5.74) is 11.0. The van der Waals surface area contributed by atoms with Crippen molar-refractivity contribution in [2.75, 3.05) is 0 Å². The van der Waals surface area contributed by atoms with Crippen molar-refractivity contribution in [3.63, 3.8) is 0 Å². The number of fused-ring (bicyclic) bond motifs is 1. The number of aryl methyl sites for hydroxylation is 1. The highest BCUT2D eigenvalue weighted by Crippen LogP contribution is 2.22. The smallest absolute Gasteiger partial charge is 0.0491 e. The summed E-state index contributed by atoms with van der Waals surface area (Å²) >= 11 is 0. The molecule has 0 aliphatic heterocycles. The van der Waals surface area contributed by atoms with Gasteiger partial charge in [-0.05, 0) is 49.1 Å². The Morgan fingerprint density at radius 3 is 2.86 bits per heavy atom. The lowest BCUT2D eigenvalue weighted by Crippen LogP contribution is -2.17. The Kier molecular flexibility index (Phi) is 3.76. The van der Waals surface area contributed by atoms with Crippen molar-refractivity contribution in [3.05, 3.63) is 65.6 Å². The van der Waals surface area contributed by atoms with Crippen molar-refractivity contribution in [1.29, 1.82) is 0 Å². The number of rotatable bonds is 4. The summed E-state index contributed by atoms with van der Waals surface area (Å²) in [6.07, 6.45) is 6.88. The molecule has 3 aromatic rings. The molecular formula is C18H21N3. The fourth-order valence-electron chi connectivity index (χ4n) is 2.85. The van der Waals surface area contributed by atoms with E-state index < -0.39 is 0 Å². The maximum atomic E-state index is 5.95. The van der Waals surface area contributed by atoms with Crippen LogP contribution in [0.1, 0.15) is 23.6 Å². The summed E-state index contributed by atoms with van der Waals surface area (Å²) in [5, 5.41) is 1.30. The zero-order valence-electron chi connectivity index (χ0n) is 12.6. The van der Waals surface area contributed by atoms with Crippen LogP contribution in [0.25, 0.3) is 10.9 Å². The first kappa shape index (κ1) is 13.8. The van der Waals surface area contributed by atoms with Gasteiger partial charge in [0.05, 0.1) is 0 Å². The summed E-state index contributed by atoms with van der Waals surface area (Å²) in [5.74, 6) is 0. The van der Waals surface area contributed by atoms with Crippen LogP contribution in [0.15, 0.2) is 48.9 Å². The molecule has 1 aromatic carbocycles. The summed E-state index contributed by atoms with van der Waals surface area (Å²) in [4.78, 5) is 4.27. The molecule has 1 unspecified atom stereocenters. The molecule has 3 rings (SSSR count). The van der Waals surface area contributed by atoms with E-state index in [1.165, 1.54) is 27.6 Å². The van der Waals surface area contributed by atoms with E-state index in [0.717, 1.165) is 13.0 Å². The van der Waals surface area contributed by atoms with Crippen molar-refractivity contribution in [2.24, 2.45) is 5.73 Å². The fraction of sp³-hybridized carbons (Fsp3) is 0.278. The first-order chi connectivity index (χ1) is 10.1. The first-order valence-electron chi connectivity index (χ1n) is 7.36. The minimum Gasteiger partial charge on any atom is -0.343 e. The molecule has 0 saturated heterocycles. The lowest BCUT2D eigenvalue weighted by atomic mass is 10.0. The van der Waals surface area contributed by atoms with E-state index in [0.29, 0.717) is 0 Å². The second-order valence-electron chi connectivity index (χ2n) is 5.85. The minimum absolute atomic E-state index is 0.180. The average Bonchev–Trinajstić information content (AvgIpc) is 2.83. The van der Waals surface area contributed by atoms with Gasteiger partial charge >= 0.3 is 0 Å². The van der Waals surface area contributed by atoms with Gasteiger partial charge < -0.3 is 10.3 Å². The Labute approximate surface area is 125 Å². The van der Waals surface area contributed by atoms with Gasteiger partial charge in [-0.25, -0.2) is 0 Å². The monoisotopic (exact) mass is 279 g/mol. The largest absolute Gasteiger partial charge is 0.343 e. The van der Waals surface area contributed by atoms with Crippen LogP contribution in [-0.2, 0) is 13.0 Å². The Morgan fingerprint density at radius 2 is 2.10 bits per heavy atom. The van der Waals surface area contributed by atoms with Crippen LogP contribution in [0.4, 0.5) is 0 Å². The molecule has 0 amide bonds. The van der Waals surface area contributed by atoms with E-state index in [2.05, 4.69) is 53.0 Å². The molecule has 21 heavy (non-hydrogen) atoms. The summed E-state index contributed by atoms with van der Waals surface area (Å²) in [6.45, 7) is 4.97. The molecule has 108 valence electrons. The standard InChI is InChI=1S/C18H21N3/c1-13-8-15(11-20-10-13)12-21-7-6-17-16(9-14(2)19)4-3-5-18(17)21/h3-8,10-11,14H,9,12,19H2,1-2H3. The maximum Gasteiger partial charge on any atom is 0.0491 e. The lowest BCUT2D eigenvalue weighted by molar-refractivity contribution is 0.741. The van der Waals surface area contributed by atoms with Crippen molar-refractivity contribution in [1.82, 2.24) is 9.55 Å². The van der Waals surface area contributed by atoms with Crippen LogP contribution in [0.2, 0.25) is 0 Å². The third-order valence-corrected chi connectivity index (χ3v) is 3.73. The topological polar surface area (TPSA) is 43.8 Å². The van der Waals surface area contributed by atoms with Crippen molar-refractivity contribution >= 4 is 10.9 Å². The molecule has 2 heterocycles. The normalized spacial score (nSPS) is 12.7. The molecule has 3 heteroatoms. The van der Waals surface area contributed by atoms with Gasteiger partial charge in [0.25, 0.3) is 0 Å². The number of nitrogens with two attached hydrogens (primary N) is 1. The van der Waals surface area contributed by atoms with E-state index in [4.69, 9.17) is 5.73 Å². The van der Waals surface area contributed by atoms with E-state index >= 15 is 0 Å². The highest BCUT2D eigenvalue weighted by molar-refractivity contribution is 5.83. The Morgan fingerprint density at radius 1 is 1.24 bits per heavy atom. The number of hydrogen-bond acceptors (Lipinski definition) is 2. The van der Waals surface area contributed by atoms with Gasteiger partial charge in [0.1, 0.15) is 0 Å². The number of hydrogen-bond donors (Lipinski definition) is 1. The lowest BCUT2D eigenvalue weighted by Gasteiger charge is -2.09. The van der Waals surface area contributed by atoms with E-state index in [9.17, 15) is 0 Å². The van der Waals surface area contributed by atoms with Crippen LogP contribution in [0.5, 0.6) is 0 Å². The average molecular weight is 279 g/mol. The molecule has 3 nitrogen and oxygen atoms in total. The predicted octanol–water partition coefficient (Wildman–Crippen LogP) is 3.28. The third kappa shape index (κ3) is 2.98. The molecule has 2 aromatic heterocycles. The van der Waals surface area contributed by atoms with E-state index in [1.807, 2.05) is 19.3 Å². The van der Waals surface area contributed by atoms with Gasteiger partial charge in [0.2, 0.25) is 0 Å². The molecule has 0 spiro atoms. The van der Waals surface area contributed by atoms with Crippen molar-refractivity contribution < 1.29 is 0 Å². The van der Waals surface area contributed by atoms with E-state index in [1.54, 1.807) is 0 Å². The summed E-state index contributed by atoms with van der Waals surface area (Å²) in [7, 11) is 0. The fourth-order valence-corrected chi connectivity index (χ4v) is 2.85. The molecule has 2 N–H and O–H groups in total. The van der Waals surface area contributed by atoms with E-state index in [-0.39, 0.29) is 6.04 Å². The molecule has 0 fully saturated rings. The highest BCUT2D eigenvalue weighted by atomic mass is 15.0. The van der Waals surface area contributed by atoms with Crippen molar-refractivity contribution in [2.45, 2.75) is 32.9 Å². The van der Waals surface area contributed by atoms with Crippen LogP contribution in [0.3, 0.4) is 0 Å². The summed E-state index contributed by atoms with van der Waals surface area (Å²) < 4.78 is 2.27. The second kappa shape index (κ2) is 5.70. The van der Waals surface area contributed by atoms with Gasteiger partial charge in [-0.1, -0.05) is 18.2 Å². The van der Waals surface area contributed by atoms with Gasteiger partial charge in [-0.3, -0.25) is 4.98 Å². The molecule has 1 atom stereocenters. The van der Waals surface area contributed by atoms with Crippen LogP contribution in [0, 0.1) is 6.92 Å². The third-order valence-electron chi connectivity index (χ3n) is 3.73. The molecule has 0 aliphatic carbocycles. The molecule has 0 radical (unpaired) electrons. The van der Waals surface area contributed by atoms with Crippen LogP contribution in [-0.4, -0.2) is 15.6 Å². The Hall–Kier alpha value is -2.13. The van der Waals surface area contributed by atoms with Crippen LogP contribution < -0.4 is 5.73 Å². The van der Waals surface area contributed by atoms with Crippen molar-refractivity contribution in [3.8, 4) is 0 Å². The first-order valence-corrected chi connectivity index (χ1v) is 7.36. The Balaban J connectivity index is 1.97. The molecule has 0 bridgehead atoms. The Bertz CT molecular complexity index is 756. The molecule has 0 saturated carbocycles. The quantitative estimate of drug-likeness (QED) is 0.796. The van der Waals surface area contributed by atoms with Gasteiger partial charge in [0.15, 0.2) is 0 Å². The number of benzene rings is 1. The highest BCUT2D eigenvalue weighted by Gasteiger charge is 2.07. The van der Waals surface area contributed by atoms with Gasteiger partial charge in [0, 0.05) is 42.1 Å². The predicted molar refractivity (Wildman–Crippen MR) is 87.4 cm³/mol. The number of pyridine rings is 1. The zero-order valence-corrected chi connectivity index (χ0v) is 12.6. The number of nitrogens with zero attached hydrogens (tertiary/aromatic N) is 2. The van der Waals surface area contributed by atoms with Gasteiger partial charge in [-0.15, -0.1) is 0 Å². The second-order valence-corrected chi connectivity index (χ2v) is 5.85. The minimum atomic E-state index is 0.180. The van der Waals surface area contributed by atoms with Crippen LogP contribution >= 0.6 is 0 Å². The molecule has 0 aliphatic rings.